The van der Waals surface area contributed by atoms with Crippen molar-refractivity contribution in [3.05, 3.63) is 35.0 Å². The summed E-state index contributed by atoms with van der Waals surface area (Å²) in [4.78, 5) is 38.4. The van der Waals surface area contributed by atoms with Gasteiger partial charge < -0.3 is 24.6 Å². The molecule has 29 heavy (non-hydrogen) atoms. The number of benzene rings is 1. The Kier molecular flexibility index (Phi) is 5.76. The zero-order valence-corrected chi connectivity index (χ0v) is 17.3. The van der Waals surface area contributed by atoms with E-state index in [1.807, 2.05) is 0 Å². The van der Waals surface area contributed by atoms with Gasteiger partial charge in [0.2, 0.25) is 5.91 Å². The summed E-state index contributed by atoms with van der Waals surface area (Å²) in [6.07, 6.45) is -0.108. The molecule has 0 bridgehead atoms. The minimum absolute atomic E-state index is 0.0629. The molecule has 2 N–H and O–H groups in total. The number of carbonyl (C=O) groups excluding carboxylic acids is 2. The number of nitrogens with one attached hydrogen (secondary N) is 1. The second-order valence-corrected chi connectivity index (χ2v) is 7.65. The van der Waals surface area contributed by atoms with Gasteiger partial charge in [-0.3, -0.25) is 14.5 Å². The van der Waals surface area contributed by atoms with Crippen LogP contribution < -0.4 is 14.8 Å². The van der Waals surface area contributed by atoms with Crippen molar-refractivity contribution in [3.63, 3.8) is 0 Å². The number of carbonyl (C=O) groups is 3. The van der Waals surface area contributed by atoms with Gasteiger partial charge in [0, 0.05) is 18.4 Å². The Bertz CT molecular complexity index is 878. The second kappa shape index (κ2) is 7.96. The molecule has 2 amide bonds. The van der Waals surface area contributed by atoms with Crippen molar-refractivity contribution in [2.24, 2.45) is 0 Å². The smallest absolute Gasteiger partial charge is 0.352 e. The van der Waals surface area contributed by atoms with E-state index in [1.165, 1.54) is 38.0 Å². The molecule has 1 aromatic carbocycles. The van der Waals surface area contributed by atoms with Crippen molar-refractivity contribution >= 4 is 29.5 Å². The molecule has 2 aliphatic rings. The van der Waals surface area contributed by atoms with Crippen molar-refractivity contribution in [1.82, 2.24) is 10.2 Å². The van der Waals surface area contributed by atoms with Crippen LogP contribution in [-0.4, -0.2) is 66.0 Å². The fourth-order valence-electron chi connectivity index (χ4n) is 3.55. The fraction of sp³-hybridized carbons (Fsp3) is 0.421. The number of nitrogens with zero attached hydrogens (tertiary/aromatic N) is 1. The number of fused-ring (bicyclic) bond motifs is 1. The Morgan fingerprint density at radius 2 is 1.90 bits per heavy atom. The summed E-state index contributed by atoms with van der Waals surface area (Å²) in [5, 5.41) is 11.5. The van der Waals surface area contributed by atoms with Gasteiger partial charge in [0.05, 0.1) is 20.6 Å². The minimum atomic E-state index is -1.63. The van der Waals surface area contributed by atoms with Crippen LogP contribution >= 0.6 is 11.8 Å². The van der Waals surface area contributed by atoms with Gasteiger partial charge in [-0.05, 0) is 24.6 Å². The second-order valence-electron chi connectivity index (χ2n) is 6.58. The first-order valence-electron chi connectivity index (χ1n) is 8.75. The first-order valence-corrected chi connectivity index (χ1v) is 9.79. The normalized spacial score (nSPS) is 23.2. The molecule has 1 unspecified atom stereocenters. The molecular formula is C19H22N2O7S. The van der Waals surface area contributed by atoms with E-state index in [-0.39, 0.29) is 12.1 Å². The van der Waals surface area contributed by atoms with E-state index in [0.717, 1.165) is 0 Å². The summed E-state index contributed by atoms with van der Waals surface area (Å²) in [7, 11) is 4.28. The number of carboxylic acid groups (broad SMARTS) is 1. The van der Waals surface area contributed by atoms with Crippen molar-refractivity contribution in [2.45, 2.75) is 24.4 Å². The molecule has 0 saturated carbocycles. The SMILES string of the molecule is COc1cccc(OC)c1CC(=O)NC1(OC)C(=O)N2C(C(=O)O)=C(C)CS[C@H]21. The van der Waals surface area contributed by atoms with Crippen molar-refractivity contribution in [3.8, 4) is 11.5 Å². The van der Waals surface area contributed by atoms with E-state index in [2.05, 4.69) is 5.32 Å². The summed E-state index contributed by atoms with van der Waals surface area (Å²) in [5.41, 5.74) is -0.574. The third-order valence-corrected chi connectivity index (χ3v) is 6.40. The average molecular weight is 422 g/mol. The molecule has 156 valence electrons. The molecule has 9 nitrogen and oxygen atoms in total. The summed E-state index contributed by atoms with van der Waals surface area (Å²) >= 11 is 1.34. The van der Waals surface area contributed by atoms with Gasteiger partial charge in [0.1, 0.15) is 22.6 Å². The Labute approximate surface area is 172 Å². The molecule has 2 atom stereocenters. The van der Waals surface area contributed by atoms with Crippen LogP contribution in [0.2, 0.25) is 0 Å². The van der Waals surface area contributed by atoms with Crippen molar-refractivity contribution < 1.29 is 33.7 Å². The zero-order chi connectivity index (χ0) is 21.3. The minimum Gasteiger partial charge on any atom is -0.496 e. The molecule has 3 rings (SSSR count). The van der Waals surface area contributed by atoms with Crippen LogP contribution in [0.3, 0.4) is 0 Å². The summed E-state index contributed by atoms with van der Waals surface area (Å²) in [5.74, 6) is -0.911. The lowest BCUT2D eigenvalue weighted by Crippen LogP contribution is -2.80. The van der Waals surface area contributed by atoms with Gasteiger partial charge in [-0.2, -0.15) is 0 Å². The van der Waals surface area contributed by atoms with Crippen molar-refractivity contribution in [2.75, 3.05) is 27.1 Å². The highest BCUT2D eigenvalue weighted by molar-refractivity contribution is 8.00. The lowest BCUT2D eigenvalue weighted by molar-refractivity contribution is -0.192. The number of hydrogen-bond acceptors (Lipinski definition) is 7. The lowest BCUT2D eigenvalue weighted by atomic mass is 9.97. The van der Waals surface area contributed by atoms with E-state index < -0.39 is 28.9 Å². The van der Waals surface area contributed by atoms with Crippen LogP contribution in [0, 0.1) is 0 Å². The molecule has 0 aromatic heterocycles. The number of hydrogen-bond donors (Lipinski definition) is 2. The number of carboxylic acids is 1. The van der Waals surface area contributed by atoms with E-state index in [4.69, 9.17) is 14.2 Å². The largest absolute Gasteiger partial charge is 0.496 e. The number of thioether (sulfide) groups is 1. The highest BCUT2D eigenvalue weighted by Gasteiger charge is 2.66. The molecule has 2 heterocycles. The molecule has 1 saturated heterocycles. The van der Waals surface area contributed by atoms with E-state index >= 15 is 0 Å². The fourth-order valence-corrected chi connectivity index (χ4v) is 4.93. The predicted octanol–water partition coefficient (Wildman–Crippen LogP) is 0.979. The van der Waals surface area contributed by atoms with Gasteiger partial charge >= 0.3 is 5.97 Å². The van der Waals surface area contributed by atoms with E-state index in [0.29, 0.717) is 28.4 Å². The predicted molar refractivity (Wildman–Crippen MR) is 105 cm³/mol. The number of aliphatic carboxylic acids is 1. The Hall–Kier alpha value is -2.72. The van der Waals surface area contributed by atoms with Gasteiger partial charge in [-0.1, -0.05) is 6.07 Å². The topological polar surface area (TPSA) is 114 Å². The quantitative estimate of drug-likeness (QED) is 0.494. The first kappa shape index (κ1) is 21.0. The number of methoxy groups -OCH3 is 3. The van der Waals surface area contributed by atoms with Gasteiger partial charge in [0.25, 0.3) is 11.6 Å². The van der Waals surface area contributed by atoms with Gasteiger partial charge in [-0.25, -0.2) is 4.79 Å². The highest BCUT2D eigenvalue weighted by atomic mass is 32.2. The van der Waals surface area contributed by atoms with Crippen LogP contribution in [0.25, 0.3) is 0 Å². The van der Waals surface area contributed by atoms with Crippen molar-refractivity contribution in [1.29, 1.82) is 0 Å². The summed E-state index contributed by atoms with van der Waals surface area (Å²) in [6.45, 7) is 1.67. The summed E-state index contributed by atoms with van der Waals surface area (Å²) in [6, 6.07) is 5.15. The number of ether oxygens (including phenoxy) is 3. The Morgan fingerprint density at radius 3 is 2.41 bits per heavy atom. The number of amides is 2. The van der Waals surface area contributed by atoms with Crippen LogP contribution in [0.5, 0.6) is 11.5 Å². The highest BCUT2D eigenvalue weighted by Crippen LogP contribution is 2.46. The summed E-state index contributed by atoms with van der Waals surface area (Å²) < 4.78 is 16.0. The van der Waals surface area contributed by atoms with Crippen LogP contribution in [0.1, 0.15) is 12.5 Å². The average Bonchev–Trinajstić information content (AvgIpc) is 2.71. The maximum atomic E-state index is 12.9. The maximum Gasteiger partial charge on any atom is 0.352 e. The van der Waals surface area contributed by atoms with E-state index in [9.17, 15) is 19.5 Å². The first-order chi connectivity index (χ1) is 13.8. The lowest BCUT2D eigenvalue weighted by Gasteiger charge is -2.55. The number of rotatable bonds is 7. The van der Waals surface area contributed by atoms with Gasteiger partial charge in [-0.15, -0.1) is 11.8 Å². The Morgan fingerprint density at radius 1 is 1.28 bits per heavy atom. The molecule has 2 aliphatic heterocycles. The standard InChI is InChI=1S/C19H22N2O7S/c1-10-9-29-18-19(28-4,17(25)21(18)15(10)16(23)24)20-14(22)8-11-12(26-2)6-5-7-13(11)27-3/h5-7,18H,8-9H2,1-4H3,(H,20,22)(H,23,24)/t18-,19?/m0/s1. The molecule has 0 radical (unpaired) electrons. The van der Waals surface area contributed by atoms with Crippen LogP contribution in [0.15, 0.2) is 29.5 Å². The monoisotopic (exact) mass is 422 g/mol. The molecule has 0 aliphatic carbocycles. The molecule has 10 heteroatoms. The molecule has 1 fully saturated rings. The maximum absolute atomic E-state index is 12.9. The third kappa shape index (κ3) is 3.32. The van der Waals surface area contributed by atoms with Crippen LogP contribution in [-0.2, 0) is 25.5 Å². The third-order valence-electron chi connectivity index (χ3n) is 4.94. The number of β-lactam (4-membered cyclic amide) rings is 1. The Balaban J connectivity index is 1.84. The molecule has 1 aromatic rings. The van der Waals surface area contributed by atoms with Gasteiger partial charge in [0.15, 0.2) is 0 Å². The zero-order valence-electron chi connectivity index (χ0n) is 16.5. The van der Waals surface area contributed by atoms with Crippen LogP contribution in [0.4, 0.5) is 0 Å². The molecular weight excluding hydrogens is 400 g/mol. The van der Waals surface area contributed by atoms with E-state index in [1.54, 1.807) is 25.1 Å². The molecule has 0 spiro atoms.